The Hall–Kier alpha value is -1.91. The number of nitrogens with one attached hydrogen (secondary N) is 1. The molecule has 114 valence electrons. The van der Waals surface area contributed by atoms with E-state index in [1.807, 2.05) is 6.92 Å². The lowest BCUT2D eigenvalue weighted by Gasteiger charge is -2.26. The third-order valence-corrected chi connectivity index (χ3v) is 4.15. The molecule has 0 aliphatic heterocycles. The summed E-state index contributed by atoms with van der Waals surface area (Å²) in [6.45, 7) is 1.82. The van der Waals surface area contributed by atoms with Crippen molar-refractivity contribution in [2.75, 3.05) is 0 Å². The van der Waals surface area contributed by atoms with Gasteiger partial charge in [-0.05, 0) is 50.3 Å². The summed E-state index contributed by atoms with van der Waals surface area (Å²) in [6, 6.07) is 5.91. The van der Waals surface area contributed by atoms with Gasteiger partial charge in [0.1, 0.15) is 5.82 Å². The summed E-state index contributed by atoms with van der Waals surface area (Å²) in [5, 5.41) is 11.8. The minimum Gasteiger partial charge on any atom is -0.481 e. The zero-order chi connectivity index (χ0) is 15.4. The van der Waals surface area contributed by atoms with Crippen LogP contribution in [0.4, 0.5) is 4.39 Å². The first-order valence-corrected chi connectivity index (χ1v) is 7.26. The molecule has 1 atom stereocenters. The second-order valence-electron chi connectivity index (χ2n) is 5.67. The quantitative estimate of drug-likeness (QED) is 0.897. The number of halogens is 1. The summed E-state index contributed by atoms with van der Waals surface area (Å²) in [4.78, 5) is 23.1. The lowest BCUT2D eigenvalue weighted by molar-refractivity contribution is -0.144. The second kappa shape index (κ2) is 6.70. The van der Waals surface area contributed by atoms with Gasteiger partial charge < -0.3 is 10.4 Å². The summed E-state index contributed by atoms with van der Waals surface area (Å²) in [7, 11) is 0. The predicted octanol–water partition coefficient (Wildman–Crippen LogP) is 2.89. The molecule has 21 heavy (non-hydrogen) atoms. The summed E-state index contributed by atoms with van der Waals surface area (Å²) in [5.41, 5.74) is 0.725. The van der Waals surface area contributed by atoms with Crippen molar-refractivity contribution in [3.8, 4) is 0 Å². The van der Waals surface area contributed by atoms with E-state index in [-0.39, 0.29) is 29.6 Å². The molecule has 1 aromatic carbocycles. The molecule has 0 spiro atoms. The van der Waals surface area contributed by atoms with Crippen LogP contribution in [0.3, 0.4) is 0 Å². The third-order valence-electron chi connectivity index (χ3n) is 4.15. The summed E-state index contributed by atoms with van der Waals surface area (Å²) < 4.78 is 13.2. The molecular formula is C16H20FNO3. The Balaban J connectivity index is 1.89. The molecular weight excluding hydrogens is 273 g/mol. The Labute approximate surface area is 123 Å². The third kappa shape index (κ3) is 4.03. The molecule has 0 radical (unpaired) electrons. The van der Waals surface area contributed by atoms with Crippen LogP contribution < -0.4 is 5.32 Å². The maximum absolute atomic E-state index is 13.2. The van der Waals surface area contributed by atoms with Crippen molar-refractivity contribution in [3.05, 3.63) is 35.6 Å². The standard InChI is InChI=1S/C16H20FNO3/c1-10(13-3-2-4-14(17)9-13)18-15(19)11-5-7-12(8-6-11)16(20)21/h2-4,9-12H,5-8H2,1H3,(H,18,19)(H,20,21). The molecule has 1 aromatic rings. The number of carbonyl (C=O) groups excluding carboxylic acids is 1. The van der Waals surface area contributed by atoms with Gasteiger partial charge in [-0.1, -0.05) is 12.1 Å². The number of carboxylic acids is 1. The Morgan fingerprint density at radius 3 is 2.43 bits per heavy atom. The first-order valence-electron chi connectivity index (χ1n) is 7.26. The molecule has 0 heterocycles. The fourth-order valence-electron chi connectivity index (χ4n) is 2.79. The molecule has 2 N–H and O–H groups in total. The van der Waals surface area contributed by atoms with E-state index in [4.69, 9.17) is 5.11 Å². The molecule has 1 aliphatic rings. The van der Waals surface area contributed by atoms with Crippen molar-refractivity contribution >= 4 is 11.9 Å². The van der Waals surface area contributed by atoms with Gasteiger partial charge >= 0.3 is 5.97 Å². The van der Waals surface area contributed by atoms with Crippen molar-refractivity contribution in [1.82, 2.24) is 5.32 Å². The molecule has 1 saturated carbocycles. The van der Waals surface area contributed by atoms with Crippen molar-refractivity contribution in [2.24, 2.45) is 11.8 Å². The molecule has 0 saturated heterocycles. The highest BCUT2D eigenvalue weighted by Gasteiger charge is 2.30. The van der Waals surface area contributed by atoms with E-state index in [2.05, 4.69) is 5.32 Å². The van der Waals surface area contributed by atoms with E-state index < -0.39 is 5.97 Å². The minimum absolute atomic E-state index is 0.0735. The molecule has 5 heteroatoms. The van der Waals surface area contributed by atoms with E-state index in [0.29, 0.717) is 25.7 Å². The Kier molecular flexibility index (Phi) is 4.94. The summed E-state index contributed by atoms with van der Waals surface area (Å²) in [6.07, 6.45) is 2.28. The molecule has 1 fully saturated rings. The van der Waals surface area contributed by atoms with Crippen molar-refractivity contribution < 1.29 is 19.1 Å². The molecule has 4 nitrogen and oxygen atoms in total. The highest BCUT2D eigenvalue weighted by atomic mass is 19.1. The van der Waals surface area contributed by atoms with Gasteiger partial charge in [0, 0.05) is 5.92 Å². The monoisotopic (exact) mass is 293 g/mol. The second-order valence-corrected chi connectivity index (χ2v) is 5.67. The number of hydrogen-bond donors (Lipinski definition) is 2. The van der Waals surface area contributed by atoms with E-state index >= 15 is 0 Å². The van der Waals surface area contributed by atoms with Gasteiger partial charge in [-0.15, -0.1) is 0 Å². The molecule has 1 amide bonds. The average Bonchev–Trinajstić information content (AvgIpc) is 2.47. The summed E-state index contributed by atoms with van der Waals surface area (Å²) in [5.74, 6) is -1.64. The van der Waals surface area contributed by atoms with Gasteiger partial charge in [-0.2, -0.15) is 0 Å². The van der Waals surface area contributed by atoms with E-state index in [9.17, 15) is 14.0 Å². The van der Waals surface area contributed by atoms with E-state index in [1.54, 1.807) is 12.1 Å². The Morgan fingerprint density at radius 1 is 1.24 bits per heavy atom. The van der Waals surface area contributed by atoms with Gasteiger partial charge in [-0.25, -0.2) is 4.39 Å². The van der Waals surface area contributed by atoms with Crippen LogP contribution in [-0.4, -0.2) is 17.0 Å². The number of benzene rings is 1. The molecule has 0 aromatic heterocycles. The van der Waals surface area contributed by atoms with Crippen LogP contribution in [0.15, 0.2) is 24.3 Å². The van der Waals surface area contributed by atoms with Crippen LogP contribution in [0.5, 0.6) is 0 Å². The van der Waals surface area contributed by atoms with Crippen LogP contribution in [0.1, 0.15) is 44.2 Å². The maximum atomic E-state index is 13.2. The van der Waals surface area contributed by atoms with Crippen LogP contribution in [0, 0.1) is 17.7 Å². The van der Waals surface area contributed by atoms with Gasteiger partial charge in [-0.3, -0.25) is 9.59 Å². The molecule has 0 bridgehead atoms. The first kappa shape index (κ1) is 15.5. The zero-order valence-electron chi connectivity index (χ0n) is 12.0. The highest BCUT2D eigenvalue weighted by Crippen LogP contribution is 2.29. The van der Waals surface area contributed by atoms with E-state index in [0.717, 1.165) is 5.56 Å². The van der Waals surface area contributed by atoms with E-state index in [1.165, 1.54) is 12.1 Å². The van der Waals surface area contributed by atoms with Gasteiger partial charge in [0.2, 0.25) is 5.91 Å². The maximum Gasteiger partial charge on any atom is 0.306 e. The fraction of sp³-hybridized carbons (Fsp3) is 0.500. The molecule has 1 aliphatic carbocycles. The van der Waals surface area contributed by atoms with Crippen LogP contribution >= 0.6 is 0 Å². The number of carbonyl (C=O) groups is 2. The largest absolute Gasteiger partial charge is 0.481 e. The lowest BCUT2D eigenvalue weighted by atomic mass is 9.81. The SMILES string of the molecule is CC(NC(=O)C1CCC(C(=O)O)CC1)c1cccc(F)c1. The van der Waals surface area contributed by atoms with Crippen LogP contribution in [-0.2, 0) is 9.59 Å². The zero-order valence-corrected chi connectivity index (χ0v) is 12.0. The molecule has 2 rings (SSSR count). The number of rotatable bonds is 4. The van der Waals surface area contributed by atoms with Gasteiger partial charge in [0.05, 0.1) is 12.0 Å². The lowest BCUT2D eigenvalue weighted by Crippen LogP contribution is -2.35. The van der Waals surface area contributed by atoms with Crippen molar-refractivity contribution in [3.63, 3.8) is 0 Å². The Bertz CT molecular complexity index is 524. The number of amides is 1. The van der Waals surface area contributed by atoms with Gasteiger partial charge in [0.15, 0.2) is 0 Å². The van der Waals surface area contributed by atoms with Gasteiger partial charge in [0.25, 0.3) is 0 Å². The average molecular weight is 293 g/mol. The van der Waals surface area contributed by atoms with Crippen molar-refractivity contribution in [1.29, 1.82) is 0 Å². The Morgan fingerprint density at radius 2 is 1.86 bits per heavy atom. The fourth-order valence-corrected chi connectivity index (χ4v) is 2.79. The molecule has 1 unspecified atom stereocenters. The topological polar surface area (TPSA) is 66.4 Å². The van der Waals surface area contributed by atoms with Crippen LogP contribution in [0.25, 0.3) is 0 Å². The highest BCUT2D eigenvalue weighted by molar-refractivity contribution is 5.79. The van der Waals surface area contributed by atoms with Crippen LogP contribution in [0.2, 0.25) is 0 Å². The number of aliphatic carboxylic acids is 1. The normalized spacial score (nSPS) is 23.3. The minimum atomic E-state index is -0.776. The van der Waals surface area contributed by atoms with Crippen molar-refractivity contribution in [2.45, 2.75) is 38.6 Å². The summed E-state index contributed by atoms with van der Waals surface area (Å²) >= 11 is 0. The predicted molar refractivity (Wildman–Crippen MR) is 76.0 cm³/mol. The number of carboxylic acid groups (broad SMARTS) is 1. The number of hydrogen-bond acceptors (Lipinski definition) is 2. The smallest absolute Gasteiger partial charge is 0.306 e. The first-order chi connectivity index (χ1) is 9.97.